The Morgan fingerprint density at radius 2 is 2.16 bits per heavy atom. The van der Waals surface area contributed by atoms with Crippen LogP contribution in [0.25, 0.3) is 0 Å². The summed E-state index contributed by atoms with van der Waals surface area (Å²) < 4.78 is 0. The molecule has 0 saturated carbocycles. The van der Waals surface area contributed by atoms with Gasteiger partial charge in [-0.3, -0.25) is 9.59 Å². The number of carbonyl (C=O) groups excluding carboxylic acids is 1. The lowest BCUT2D eigenvalue weighted by Crippen LogP contribution is -2.43. The lowest BCUT2D eigenvalue weighted by molar-refractivity contribution is -0.137. The molecule has 1 amide bonds. The van der Waals surface area contributed by atoms with E-state index in [9.17, 15) is 9.59 Å². The van der Waals surface area contributed by atoms with E-state index in [2.05, 4.69) is 17.4 Å². The molecule has 0 aromatic heterocycles. The van der Waals surface area contributed by atoms with Crippen LogP contribution in [0.4, 0.5) is 0 Å². The van der Waals surface area contributed by atoms with E-state index >= 15 is 0 Å². The first-order valence-electron chi connectivity index (χ1n) is 6.41. The van der Waals surface area contributed by atoms with E-state index in [4.69, 9.17) is 10.8 Å². The molecule has 19 heavy (non-hydrogen) atoms. The monoisotopic (exact) mass is 262 g/mol. The van der Waals surface area contributed by atoms with Crippen molar-refractivity contribution in [2.24, 2.45) is 5.73 Å². The summed E-state index contributed by atoms with van der Waals surface area (Å²) in [7, 11) is 0. The topological polar surface area (TPSA) is 92.4 Å². The van der Waals surface area contributed by atoms with Gasteiger partial charge in [-0.25, -0.2) is 0 Å². The Morgan fingerprint density at radius 1 is 1.42 bits per heavy atom. The average molecular weight is 262 g/mol. The molecule has 4 N–H and O–H groups in total. The quantitative estimate of drug-likeness (QED) is 0.701. The number of nitrogens with one attached hydrogen (secondary N) is 1. The van der Waals surface area contributed by atoms with E-state index in [0.717, 1.165) is 6.42 Å². The summed E-state index contributed by atoms with van der Waals surface area (Å²) in [4.78, 5) is 22.1. The second kappa shape index (κ2) is 5.84. The molecule has 1 aromatic rings. The van der Waals surface area contributed by atoms with E-state index in [-0.39, 0.29) is 18.7 Å². The summed E-state index contributed by atoms with van der Waals surface area (Å²) >= 11 is 0. The van der Waals surface area contributed by atoms with Crippen molar-refractivity contribution in [3.05, 3.63) is 35.4 Å². The van der Waals surface area contributed by atoms with Crippen molar-refractivity contribution in [3.8, 4) is 0 Å². The number of aliphatic carboxylic acids is 1. The highest BCUT2D eigenvalue weighted by atomic mass is 16.4. The second-order valence-corrected chi connectivity index (χ2v) is 4.88. The molecule has 1 aromatic carbocycles. The smallest absolute Gasteiger partial charge is 0.303 e. The Hall–Kier alpha value is -1.88. The summed E-state index contributed by atoms with van der Waals surface area (Å²) in [6.45, 7) is 0.566. The first kappa shape index (κ1) is 13.5. The third kappa shape index (κ3) is 3.32. The predicted octanol–water partition coefficient (Wildman–Crippen LogP) is 0.635. The van der Waals surface area contributed by atoms with Crippen LogP contribution in [0.2, 0.25) is 0 Å². The van der Waals surface area contributed by atoms with Gasteiger partial charge in [-0.15, -0.1) is 0 Å². The maximum Gasteiger partial charge on any atom is 0.303 e. The van der Waals surface area contributed by atoms with Gasteiger partial charge in [0.25, 0.3) is 0 Å². The Kier molecular flexibility index (Phi) is 4.16. The minimum absolute atomic E-state index is 0.0825. The Balaban J connectivity index is 1.75. The summed E-state index contributed by atoms with van der Waals surface area (Å²) in [5, 5.41) is 11.3. The second-order valence-electron chi connectivity index (χ2n) is 4.88. The van der Waals surface area contributed by atoms with Gasteiger partial charge in [-0.1, -0.05) is 24.3 Å². The third-order valence-corrected chi connectivity index (χ3v) is 3.49. The van der Waals surface area contributed by atoms with Crippen LogP contribution in [0.1, 0.15) is 29.9 Å². The number of nitrogens with two attached hydrogens (primary N) is 1. The van der Waals surface area contributed by atoms with Gasteiger partial charge in [-0.2, -0.15) is 0 Å². The molecule has 2 unspecified atom stereocenters. The van der Waals surface area contributed by atoms with Crippen LogP contribution in [-0.2, 0) is 16.0 Å². The fourth-order valence-corrected chi connectivity index (χ4v) is 2.31. The van der Waals surface area contributed by atoms with Crippen molar-refractivity contribution in [1.29, 1.82) is 0 Å². The first-order chi connectivity index (χ1) is 9.08. The molecule has 0 fully saturated rings. The van der Waals surface area contributed by atoms with Crippen LogP contribution in [0.5, 0.6) is 0 Å². The zero-order valence-electron chi connectivity index (χ0n) is 10.6. The zero-order chi connectivity index (χ0) is 13.8. The molecule has 0 radical (unpaired) electrons. The van der Waals surface area contributed by atoms with Gasteiger partial charge in [0, 0.05) is 18.9 Å². The molecular weight excluding hydrogens is 244 g/mol. The molecule has 0 heterocycles. The Morgan fingerprint density at radius 3 is 2.84 bits per heavy atom. The number of amides is 1. The van der Waals surface area contributed by atoms with Crippen molar-refractivity contribution in [2.45, 2.75) is 31.2 Å². The summed E-state index contributed by atoms with van der Waals surface area (Å²) in [5.74, 6) is -0.853. The standard InChI is InChI=1S/C14H18N2O3/c15-12(5-6-13(17)18)14(19)16-8-10-7-9-3-1-2-4-11(9)10/h1-4,10,12H,5-8,15H2,(H,16,19)(H,17,18). The molecule has 2 rings (SSSR count). The van der Waals surface area contributed by atoms with Gasteiger partial charge in [0.2, 0.25) is 5.91 Å². The van der Waals surface area contributed by atoms with Crippen molar-refractivity contribution < 1.29 is 14.7 Å². The van der Waals surface area contributed by atoms with Gasteiger partial charge in [-0.05, 0) is 24.0 Å². The van der Waals surface area contributed by atoms with Crippen LogP contribution in [0, 0.1) is 0 Å². The average Bonchev–Trinajstić information content (AvgIpc) is 2.36. The van der Waals surface area contributed by atoms with Crippen molar-refractivity contribution in [2.75, 3.05) is 6.54 Å². The summed E-state index contributed by atoms with van der Waals surface area (Å²) in [6.07, 6.45) is 1.06. The highest BCUT2D eigenvalue weighted by Crippen LogP contribution is 2.33. The largest absolute Gasteiger partial charge is 0.481 e. The minimum Gasteiger partial charge on any atom is -0.481 e. The molecular formula is C14H18N2O3. The number of hydrogen-bond donors (Lipinski definition) is 3. The van der Waals surface area contributed by atoms with Crippen LogP contribution in [0.3, 0.4) is 0 Å². The number of fused-ring (bicyclic) bond motifs is 1. The van der Waals surface area contributed by atoms with Crippen LogP contribution in [0.15, 0.2) is 24.3 Å². The molecule has 0 aliphatic heterocycles. The van der Waals surface area contributed by atoms with Crippen LogP contribution in [-0.4, -0.2) is 29.6 Å². The fourth-order valence-electron chi connectivity index (χ4n) is 2.31. The van der Waals surface area contributed by atoms with Crippen LogP contribution >= 0.6 is 0 Å². The number of carboxylic acids is 1. The number of rotatable bonds is 6. The lowest BCUT2D eigenvalue weighted by Gasteiger charge is -2.30. The molecule has 0 spiro atoms. The number of benzene rings is 1. The highest BCUT2D eigenvalue weighted by Gasteiger charge is 2.26. The normalized spacial score (nSPS) is 18.1. The van der Waals surface area contributed by atoms with Crippen molar-refractivity contribution >= 4 is 11.9 Å². The Bertz CT molecular complexity index is 487. The summed E-state index contributed by atoms with van der Waals surface area (Å²) in [5.41, 5.74) is 8.24. The van der Waals surface area contributed by atoms with Crippen LogP contribution < -0.4 is 11.1 Å². The van der Waals surface area contributed by atoms with Gasteiger partial charge >= 0.3 is 5.97 Å². The molecule has 102 valence electrons. The van der Waals surface area contributed by atoms with E-state index in [1.165, 1.54) is 11.1 Å². The van der Waals surface area contributed by atoms with Crippen molar-refractivity contribution in [1.82, 2.24) is 5.32 Å². The highest BCUT2D eigenvalue weighted by molar-refractivity contribution is 5.82. The van der Waals surface area contributed by atoms with Gasteiger partial charge in [0.1, 0.15) is 0 Å². The number of hydrogen-bond acceptors (Lipinski definition) is 3. The molecule has 1 aliphatic rings. The predicted molar refractivity (Wildman–Crippen MR) is 70.7 cm³/mol. The number of carboxylic acid groups (broad SMARTS) is 1. The maximum absolute atomic E-state index is 11.7. The maximum atomic E-state index is 11.7. The first-order valence-corrected chi connectivity index (χ1v) is 6.41. The molecule has 1 aliphatic carbocycles. The van der Waals surface area contributed by atoms with Gasteiger partial charge in [0.15, 0.2) is 0 Å². The van der Waals surface area contributed by atoms with Crippen molar-refractivity contribution in [3.63, 3.8) is 0 Å². The SMILES string of the molecule is NC(CCC(=O)O)C(=O)NCC1Cc2ccccc21. The summed E-state index contributed by atoms with van der Waals surface area (Å²) in [6, 6.07) is 7.42. The number of carbonyl (C=O) groups is 2. The third-order valence-electron chi connectivity index (χ3n) is 3.49. The Labute approximate surface area is 111 Å². The van der Waals surface area contributed by atoms with E-state index in [0.29, 0.717) is 12.5 Å². The fraction of sp³-hybridized carbons (Fsp3) is 0.429. The minimum atomic E-state index is -0.934. The van der Waals surface area contributed by atoms with E-state index in [1.54, 1.807) is 0 Å². The van der Waals surface area contributed by atoms with E-state index in [1.807, 2.05) is 12.1 Å². The molecule has 5 heteroatoms. The zero-order valence-corrected chi connectivity index (χ0v) is 10.6. The van der Waals surface area contributed by atoms with Gasteiger partial charge < -0.3 is 16.2 Å². The molecule has 2 atom stereocenters. The lowest BCUT2D eigenvalue weighted by atomic mass is 9.77. The molecule has 0 saturated heterocycles. The molecule has 0 bridgehead atoms. The molecule has 5 nitrogen and oxygen atoms in total. The van der Waals surface area contributed by atoms with Gasteiger partial charge in [0.05, 0.1) is 6.04 Å². The van der Waals surface area contributed by atoms with E-state index < -0.39 is 12.0 Å².